The number of imide groups is 2. The average molecular weight is 821 g/mol. The number of carbonyl (C=O) groups is 5. The van der Waals surface area contributed by atoms with Crippen molar-refractivity contribution >= 4 is 48.5 Å². The monoisotopic (exact) mass is 820 g/mol. The van der Waals surface area contributed by atoms with E-state index in [0.29, 0.717) is 35.4 Å². The van der Waals surface area contributed by atoms with Gasteiger partial charge in [-0.2, -0.15) is 0 Å². The molecule has 1 N–H and O–H groups in total. The highest BCUT2D eigenvalue weighted by molar-refractivity contribution is 6.23. The lowest BCUT2D eigenvalue weighted by Crippen LogP contribution is -2.55. The summed E-state index contributed by atoms with van der Waals surface area (Å²) in [7, 11) is 6.64. The van der Waals surface area contributed by atoms with Gasteiger partial charge in [-0.3, -0.25) is 44.0 Å². The summed E-state index contributed by atoms with van der Waals surface area (Å²) in [5.41, 5.74) is 2.76. The number of methoxy groups -OCH3 is 2. The van der Waals surface area contributed by atoms with E-state index in [1.165, 1.54) is 10.8 Å². The molecule has 15 nitrogen and oxygen atoms in total. The number of nitrogens with zero attached hydrogens (tertiary/aromatic N) is 5. The highest BCUT2D eigenvalue weighted by Crippen LogP contribution is 2.47. The quantitative estimate of drug-likeness (QED) is 0.145. The van der Waals surface area contributed by atoms with Crippen LogP contribution in [-0.4, -0.2) is 109 Å². The summed E-state index contributed by atoms with van der Waals surface area (Å²) in [6, 6.07) is 7.66. The Labute approximate surface area is 348 Å². The van der Waals surface area contributed by atoms with E-state index in [1.807, 2.05) is 25.1 Å². The topological polar surface area (TPSA) is 169 Å². The number of nitrogens with one attached hydrogen (secondary N) is 1. The number of aryl methyl sites for hydroxylation is 1. The van der Waals surface area contributed by atoms with Gasteiger partial charge in [-0.05, 0) is 105 Å². The van der Waals surface area contributed by atoms with Crippen LogP contribution in [0.4, 0.5) is 0 Å². The van der Waals surface area contributed by atoms with Crippen LogP contribution in [0.25, 0.3) is 23.4 Å². The number of aliphatic imine (C=N–C) groups is 1. The van der Waals surface area contributed by atoms with Crippen LogP contribution in [0.2, 0.25) is 0 Å². The van der Waals surface area contributed by atoms with Crippen molar-refractivity contribution in [2.24, 2.45) is 17.5 Å². The van der Waals surface area contributed by atoms with Crippen LogP contribution in [0.3, 0.4) is 0 Å². The Bertz CT molecular complexity index is 2430. The minimum atomic E-state index is -1.01. The fraction of sp³-hybridized carbons (Fsp3) is 0.444. The Balaban J connectivity index is 0.880. The lowest BCUT2D eigenvalue weighted by Gasteiger charge is -2.48. The number of amides is 5. The van der Waals surface area contributed by atoms with E-state index in [-0.39, 0.29) is 47.0 Å². The van der Waals surface area contributed by atoms with E-state index in [9.17, 15) is 28.8 Å². The number of likely N-dealkylation sites (tertiary alicyclic amines) is 1. The molecule has 2 saturated heterocycles. The molecule has 3 fully saturated rings. The predicted molar refractivity (Wildman–Crippen MR) is 224 cm³/mol. The molecular weight excluding hydrogens is 769 g/mol. The molecule has 1 aromatic heterocycles. The van der Waals surface area contributed by atoms with Crippen molar-refractivity contribution in [2.75, 3.05) is 40.9 Å². The fourth-order valence-electron chi connectivity index (χ4n) is 9.27. The zero-order chi connectivity index (χ0) is 42.9. The summed E-state index contributed by atoms with van der Waals surface area (Å²) in [5, 5.41) is 3.38. The smallest absolute Gasteiger partial charge is 0.262 e. The fourth-order valence-corrected chi connectivity index (χ4v) is 9.27. The highest BCUT2D eigenvalue weighted by Gasteiger charge is 2.49. The number of aromatic nitrogens is 1. The van der Waals surface area contributed by atoms with E-state index in [1.54, 1.807) is 57.6 Å². The van der Waals surface area contributed by atoms with Crippen LogP contribution in [0, 0.1) is 5.41 Å². The van der Waals surface area contributed by atoms with Crippen LogP contribution in [0.15, 0.2) is 46.3 Å². The third-order valence-corrected chi connectivity index (χ3v) is 12.3. The zero-order valence-electron chi connectivity index (χ0n) is 34.9. The van der Waals surface area contributed by atoms with Gasteiger partial charge in [0.05, 0.1) is 48.8 Å². The maximum atomic E-state index is 13.3. The number of ether oxygens (including phenoxy) is 3. The van der Waals surface area contributed by atoms with Crippen molar-refractivity contribution in [3.05, 3.63) is 74.0 Å². The number of pyridine rings is 1. The summed E-state index contributed by atoms with van der Waals surface area (Å²) >= 11 is 0. The van der Waals surface area contributed by atoms with Crippen molar-refractivity contribution in [1.82, 2.24) is 24.6 Å². The molecule has 3 aromatic rings. The molecule has 4 heterocycles. The maximum Gasteiger partial charge on any atom is 0.262 e. The summed E-state index contributed by atoms with van der Waals surface area (Å²) in [6.07, 6.45) is 10.1. The van der Waals surface area contributed by atoms with E-state index in [4.69, 9.17) is 14.2 Å². The summed E-state index contributed by atoms with van der Waals surface area (Å²) < 4.78 is 19.5. The van der Waals surface area contributed by atoms with E-state index in [0.717, 1.165) is 78.5 Å². The molecule has 2 unspecified atom stereocenters. The van der Waals surface area contributed by atoms with E-state index >= 15 is 0 Å². The predicted octanol–water partition coefficient (Wildman–Crippen LogP) is 2.77. The SMILES string of the molecule is C=N/C=c1/c(=O)n(C)cc(-c2cc(OC)c(CN(C)C(=O)CCCCN3CC4(CCC(Oc5ccc6c(c5)C(=O)N(C5CCC(=O)NC5=O)C6=O)C4)C3)c(OC)c2)/c1=C/C. The Kier molecular flexibility index (Phi) is 12.1. The Morgan fingerprint density at radius 2 is 1.70 bits per heavy atom. The Morgan fingerprint density at radius 1 is 0.983 bits per heavy atom. The van der Waals surface area contributed by atoms with E-state index in [2.05, 4.69) is 21.9 Å². The van der Waals surface area contributed by atoms with Gasteiger partial charge in [-0.15, -0.1) is 0 Å². The standard InChI is InChI=1S/C45H52N6O9/c1-7-30-33(22-46-2)42(55)49(4)23-34(30)27-18-37(58-5)35(38(19-27)59-6)24-48(3)40(53)10-8-9-17-50-25-45(26-50)16-15-29(21-45)60-28-11-12-31-32(20-28)44(57)51(43(31)56)36-13-14-39(52)47-41(36)54/h7,11-12,18-20,22-23,29,36H,2,8-10,13-17,21,24-26H2,1,3-6H3,(H,47,52,54)/b30-7+,33-22+. The first kappa shape index (κ1) is 42.0. The maximum absolute atomic E-state index is 13.3. The number of rotatable bonds is 14. The molecule has 0 radical (unpaired) electrons. The number of piperidine rings is 1. The van der Waals surface area contributed by atoms with Crippen LogP contribution >= 0.6 is 0 Å². The first-order valence-electron chi connectivity index (χ1n) is 20.4. The first-order chi connectivity index (χ1) is 28.8. The molecule has 0 bridgehead atoms. The molecule has 1 spiro atoms. The number of benzene rings is 2. The van der Waals surface area contributed by atoms with Gasteiger partial charge in [0.1, 0.15) is 23.3 Å². The first-order valence-corrected chi connectivity index (χ1v) is 20.4. The molecule has 1 saturated carbocycles. The van der Waals surface area contributed by atoms with Gasteiger partial charge >= 0.3 is 0 Å². The van der Waals surface area contributed by atoms with Crippen molar-refractivity contribution in [1.29, 1.82) is 0 Å². The second kappa shape index (κ2) is 17.3. The molecule has 60 heavy (non-hydrogen) atoms. The number of fused-ring (bicyclic) bond motifs is 1. The summed E-state index contributed by atoms with van der Waals surface area (Å²) in [5.74, 6) is -0.460. The van der Waals surface area contributed by atoms with Crippen molar-refractivity contribution < 1.29 is 38.2 Å². The lowest BCUT2D eigenvalue weighted by molar-refractivity contribution is -0.136. The van der Waals surface area contributed by atoms with Gasteiger partial charge in [-0.25, -0.2) is 0 Å². The molecular formula is C45H52N6O9. The molecule has 3 aliphatic heterocycles. The molecule has 15 heteroatoms. The number of hydrogen-bond acceptors (Lipinski definition) is 11. The van der Waals surface area contributed by atoms with Gasteiger partial charge < -0.3 is 28.6 Å². The molecule has 7 rings (SSSR count). The summed E-state index contributed by atoms with van der Waals surface area (Å²) in [6.45, 7) is 8.53. The van der Waals surface area contributed by atoms with Crippen molar-refractivity contribution in [3.63, 3.8) is 0 Å². The summed E-state index contributed by atoms with van der Waals surface area (Å²) in [4.78, 5) is 85.5. The average Bonchev–Trinajstić information content (AvgIpc) is 3.75. The highest BCUT2D eigenvalue weighted by atomic mass is 16.5. The van der Waals surface area contributed by atoms with Gasteiger partial charge in [-0.1, -0.05) is 6.08 Å². The Morgan fingerprint density at radius 3 is 2.37 bits per heavy atom. The van der Waals surface area contributed by atoms with Gasteiger partial charge in [0.25, 0.3) is 17.4 Å². The minimum Gasteiger partial charge on any atom is -0.496 e. The number of unbranched alkanes of at least 4 members (excludes halogenated alkanes) is 1. The van der Waals surface area contributed by atoms with Gasteiger partial charge in [0, 0.05) is 58.0 Å². The molecule has 2 atom stereocenters. The van der Waals surface area contributed by atoms with Crippen molar-refractivity contribution in [2.45, 2.75) is 77.0 Å². The van der Waals surface area contributed by atoms with Crippen LogP contribution < -0.4 is 35.5 Å². The normalized spacial score (nSPS) is 20.3. The number of hydrogen-bond donors (Lipinski definition) is 1. The van der Waals surface area contributed by atoms with E-state index < -0.39 is 29.7 Å². The Hall–Kier alpha value is -6.09. The number of carbonyl (C=O) groups excluding carboxylic acids is 5. The lowest BCUT2D eigenvalue weighted by atomic mass is 9.78. The van der Waals surface area contributed by atoms with Crippen LogP contribution in [0.5, 0.6) is 17.2 Å². The molecule has 5 amide bonds. The molecule has 316 valence electrons. The third kappa shape index (κ3) is 8.10. The minimum absolute atomic E-state index is 0.0162. The second-order valence-corrected chi connectivity index (χ2v) is 16.3. The molecule has 2 aromatic carbocycles. The van der Waals surface area contributed by atoms with Gasteiger partial charge in [0.2, 0.25) is 17.7 Å². The van der Waals surface area contributed by atoms with Crippen LogP contribution in [-0.2, 0) is 28.0 Å². The molecule has 4 aliphatic rings. The largest absolute Gasteiger partial charge is 0.496 e. The molecule has 1 aliphatic carbocycles. The van der Waals surface area contributed by atoms with Gasteiger partial charge in [0.15, 0.2) is 0 Å². The second-order valence-electron chi connectivity index (χ2n) is 16.3. The van der Waals surface area contributed by atoms with Crippen molar-refractivity contribution in [3.8, 4) is 28.4 Å². The third-order valence-electron chi connectivity index (χ3n) is 12.3. The van der Waals surface area contributed by atoms with Crippen LogP contribution in [0.1, 0.15) is 84.6 Å². The zero-order valence-corrected chi connectivity index (χ0v) is 34.9.